The number of benzene rings is 2. The molecule has 0 atom stereocenters. The maximum Gasteiger partial charge on any atom is 0.222 e. The molecule has 168 valence electrons. The molecule has 1 amide bonds. The van der Waals surface area contributed by atoms with E-state index in [2.05, 4.69) is 4.57 Å². The van der Waals surface area contributed by atoms with Crippen molar-refractivity contribution in [2.45, 2.75) is 25.8 Å². The molecular weight excluding hydrogens is 429 g/mol. The molecule has 1 fully saturated rings. The van der Waals surface area contributed by atoms with Gasteiger partial charge in [-0.05, 0) is 55.3 Å². The largest absolute Gasteiger partial charge is 0.497 e. The number of methoxy groups -OCH3 is 2. The quantitative estimate of drug-likeness (QED) is 0.498. The van der Waals surface area contributed by atoms with Gasteiger partial charge < -0.3 is 18.9 Å². The Labute approximate surface area is 190 Å². The lowest BCUT2D eigenvalue weighted by atomic mass is 10.1. The lowest BCUT2D eigenvalue weighted by molar-refractivity contribution is -0.127. The number of rotatable bonds is 8. The second-order valence-corrected chi connectivity index (χ2v) is 8.38. The molecule has 0 saturated carbocycles. The number of aromatic nitrogens is 1. The third kappa shape index (κ3) is 4.85. The Morgan fingerprint density at radius 1 is 1.09 bits per heavy atom. The van der Waals surface area contributed by atoms with Crippen molar-refractivity contribution in [3.05, 3.63) is 58.5 Å². The van der Waals surface area contributed by atoms with E-state index in [1.807, 2.05) is 28.5 Å². The average Bonchev–Trinajstić information content (AvgIpc) is 3.40. The van der Waals surface area contributed by atoms with Crippen LogP contribution in [0.2, 0.25) is 0 Å². The summed E-state index contributed by atoms with van der Waals surface area (Å²) < 4.78 is 26.5. The predicted octanol–water partition coefficient (Wildman–Crippen LogP) is 4.62. The first-order valence-corrected chi connectivity index (χ1v) is 11.5. The van der Waals surface area contributed by atoms with E-state index in [-0.39, 0.29) is 11.7 Å². The number of likely N-dealkylation sites (tertiary alicyclic amines) is 1. The molecule has 0 N–H and O–H groups in total. The van der Waals surface area contributed by atoms with Crippen LogP contribution in [0, 0.1) is 5.82 Å². The van der Waals surface area contributed by atoms with Crippen LogP contribution in [-0.2, 0) is 11.3 Å². The number of hydrogen-bond acceptors (Lipinski definition) is 5. The molecule has 0 bridgehead atoms. The van der Waals surface area contributed by atoms with Crippen LogP contribution in [0.25, 0.3) is 11.3 Å². The van der Waals surface area contributed by atoms with Gasteiger partial charge in [-0.2, -0.15) is 0 Å². The summed E-state index contributed by atoms with van der Waals surface area (Å²) in [6.45, 7) is 2.23. The zero-order chi connectivity index (χ0) is 22.5. The first-order valence-electron chi connectivity index (χ1n) is 10.6. The summed E-state index contributed by atoms with van der Waals surface area (Å²) in [6, 6.07) is 11.8. The summed E-state index contributed by atoms with van der Waals surface area (Å²) in [4.78, 5) is 19.5. The third-order valence-electron chi connectivity index (χ3n) is 5.51. The number of hydrogen-bond donors (Lipinski definition) is 0. The van der Waals surface area contributed by atoms with Crippen molar-refractivity contribution in [3.63, 3.8) is 0 Å². The van der Waals surface area contributed by atoms with Crippen molar-refractivity contribution in [3.8, 4) is 22.8 Å². The molecule has 1 aliphatic rings. The van der Waals surface area contributed by atoms with E-state index in [1.54, 1.807) is 26.4 Å². The van der Waals surface area contributed by atoms with Crippen molar-refractivity contribution >= 4 is 22.9 Å². The van der Waals surface area contributed by atoms with Crippen LogP contribution < -0.4 is 14.3 Å². The number of nitrogens with zero attached hydrogens (tertiary/aromatic N) is 3. The highest BCUT2D eigenvalue weighted by Crippen LogP contribution is 2.34. The molecule has 3 aromatic rings. The summed E-state index contributed by atoms with van der Waals surface area (Å²) in [5, 5.41) is 2.04. The number of carbonyl (C=O) groups is 1. The van der Waals surface area contributed by atoms with Crippen LogP contribution in [-0.4, -0.2) is 42.7 Å². The molecular formula is C24H26FN3O3S. The Hall–Kier alpha value is -3.13. The molecule has 0 unspecified atom stereocenters. The van der Waals surface area contributed by atoms with Crippen LogP contribution in [0.3, 0.4) is 0 Å². The standard InChI is InChI=1S/C24H26FN3O3S/c1-30-19-10-11-22(31-2)20(15-19)21-16-32-24(26-18-8-6-17(25)7-9-18)28(21)14-4-13-27-12-3-5-23(27)29/h6-11,15-16H,3-5,12-14H2,1-2H3. The topological polar surface area (TPSA) is 56.1 Å². The second kappa shape index (κ2) is 9.99. The van der Waals surface area contributed by atoms with Gasteiger partial charge in [-0.15, -0.1) is 11.3 Å². The minimum Gasteiger partial charge on any atom is -0.497 e. The molecule has 4 rings (SSSR count). The van der Waals surface area contributed by atoms with Gasteiger partial charge in [0.25, 0.3) is 0 Å². The average molecular weight is 456 g/mol. The normalized spacial score (nSPS) is 14.3. The van der Waals surface area contributed by atoms with E-state index in [0.29, 0.717) is 25.2 Å². The van der Waals surface area contributed by atoms with Gasteiger partial charge in [0.2, 0.25) is 5.91 Å². The van der Waals surface area contributed by atoms with Gasteiger partial charge in [-0.1, -0.05) is 0 Å². The van der Waals surface area contributed by atoms with E-state index >= 15 is 0 Å². The van der Waals surface area contributed by atoms with E-state index in [0.717, 1.165) is 46.9 Å². The zero-order valence-corrected chi connectivity index (χ0v) is 19.0. The number of amides is 1. The van der Waals surface area contributed by atoms with Crippen LogP contribution in [0.15, 0.2) is 52.8 Å². The predicted molar refractivity (Wildman–Crippen MR) is 123 cm³/mol. The molecule has 32 heavy (non-hydrogen) atoms. The summed E-state index contributed by atoms with van der Waals surface area (Å²) in [5.74, 6) is 1.41. The minimum absolute atomic E-state index is 0.228. The van der Waals surface area contributed by atoms with Crippen LogP contribution in [0.1, 0.15) is 19.3 Å². The molecule has 1 saturated heterocycles. The van der Waals surface area contributed by atoms with Crippen molar-refractivity contribution in [2.75, 3.05) is 27.3 Å². The molecule has 1 aliphatic heterocycles. The van der Waals surface area contributed by atoms with E-state index in [4.69, 9.17) is 14.5 Å². The van der Waals surface area contributed by atoms with Crippen molar-refractivity contribution in [2.24, 2.45) is 4.99 Å². The fourth-order valence-corrected chi connectivity index (χ4v) is 4.80. The van der Waals surface area contributed by atoms with Gasteiger partial charge >= 0.3 is 0 Å². The Morgan fingerprint density at radius 3 is 2.59 bits per heavy atom. The highest BCUT2D eigenvalue weighted by atomic mass is 32.1. The highest BCUT2D eigenvalue weighted by molar-refractivity contribution is 7.07. The summed E-state index contributed by atoms with van der Waals surface area (Å²) >= 11 is 1.51. The number of ether oxygens (including phenoxy) is 2. The van der Waals surface area contributed by atoms with Gasteiger partial charge in [0.1, 0.15) is 17.3 Å². The molecule has 0 spiro atoms. The Kier molecular flexibility index (Phi) is 6.90. The summed E-state index contributed by atoms with van der Waals surface area (Å²) in [6.07, 6.45) is 2.38. The molecule has 0 radical (unpaired) electrons. The Morgan fingerprint density at radius 2 is 1.91 bits per heavy atom. The number of halogens is 1. The first kappa shape index (κ1) is 22.1. The van der Waals surface area contributed by atoms with Gasteiger partial charge in [-0.25, -0.2) is 9.38 Å². The second-order valence-electron chi connectivity index (χ2n) is 7.55. The first-order chi connectivity index (χ1) is 15.6. The zero-order valence-electron chi connectivity index (χ0n) is 18.2. The summed E-state index contributed by atoms with van der Waals surface area (Å²) in [7, 11) is 3.28. The smallest absolute Gasteiger partial charge is 0.222 e. The Balaban J connectivity index is 1.72. The molecule has 1 aromatic heterocycles. The van der Waals surface area contributed by atoms with Gasteiger partial charge in [-0.3, -0.25) is 4.79 Å². The van der Waals surface area contributed by atoms with E-state index in [9.17, 15) is 9.18 Å². The Bertz CT molecular complexity index is 1150. The monoisotopic (exact) mass is 455 g/mol. The van der Waals surface area contributed by atoms with Crippen molar-refractivity contribution in [1.29, 1.82) is 0 Å². The van der Waals surface area contributed by atoms with Crippen molar-refractivity contribution in [1.82, 2.24) is 9.47 Å². The van der Waals surface area contributed by atoms with Gasteiger partial charge in [0, 0.05) is 37.0 Å². The summed E-state index contributed by atoms with van der Waals surface area (Å²) in [5.41, 5.74) is 2.54. The van der Waals surface area contributed by atoms with E-state index in [1.165, 1.54) is 23.5 Å². The number of carbonyl (C=O) groups excluding carboxylic acids is 1. The SMILES string of the molecule is COc1ccc(OC)c(-c2csc(=Nc3ccc(F)cc3)n2CCCN2CCCC2=O)c1. The molecule has 0 aliphatic carbocycles. The van der Waals surface area contributed by atoms with Crippen LogP contribution in [0.4, 0.5) is 10.1 Å². The lowest BCUT2D eigenvalue weighted by Gasteiger charge is -2.17. The fraction of sp³-hybridized carbons (Fsp3) is 0.333. The highest BCUT2D eigenvalue weighted by Gasteiger charge is 2.20. The van der Waals surface area contributed by atoms with E-state index < -0.39 is 0 Å². The third-order valence-corrected chi connectivity index (χ3v) is 6.38. The fourth-order valence-electron chi connectivity index (χ4n) is 3.85. The maximum atomic E-state index is 13.3. The minimum atomic E-state index is -0.292. The lowest BCUT2D eigenvalue weighted by Crippen LogP contribution is -2.27. The maximum absolute atomic E-state index is 13.3. The van der Waals surface area contributed by atoms with Gasteiger partial charge in [0.05, 0.1) is 25.6 Å². The number of thiazole rings is 1. The van der Waals surface area contributed by atoms with Crippen LogP contribution in [0.5, 0.6) is 11.5 Å². The molecule has 2 heterocycles. The van der Waals surface area contributed by atoms with Crippen molar-refractivity contribution < 1.29 is 18.7 Å². The van der Waals surface area contributed by atoms with Crippen LogP contribution >= 0.6 is 11.3 Å². The molecule has 8 heteroatoms. The van der Waals surface area contributed by atoms with Gasteiger partial charge in [0.15, 0.2) is 4.80 Å². The molecule has 2 aromatic carbocycles. The molecule has 6 nitrogen and oxygen atoms in total.